The van der Waals surface area contributed by atoms with Crippen molar-refractivity contribution in [3.63, 3.8) is 0 Å². The number of aromatic nitrogens is 1. The normalized spacial score (nSPS) is 11.5. The molecule has 0 aliphatic rings. The zero-order chi connectivity index (χ0) is 25.5. The van der Waals surface area contributed by atoms with E-state index in [0.717, 1.165) is 13.0 Å². The first-order chi connectivity index (χ1) is 16.3. The zero-order valence-corrected chi connectivity index (χ0v) is 22.6. The maximum atomic E-state index is 9.75. The SMILES string of the molecule is CCCCCCCCCCCCCCCCCCCC[n+]1csc(CCO)c1C.F[B-](F)(F)F. The molecule has 1 aromatic heterocycles. The Balaban J connectivity index is 0.00000196. The first-order valence-corrected chi connectivity index (χ1v) is 14.6. The van der Waals surface area contributed by atoms with Crippen LogP contribution in [0.25, 0.3) is 0 Å². The molecular weight excluding hydrogens is 461 g/mol. The Bertz CT molecular complexity index is 563. The van der Waals surface area contributed by atoms with Gasteiger partial charge >= 0.3 is 7.25 Å². The number of nitrogens with zero attached hydrogens (tertiary/aromatic N) is 1. The van der Waals surface area contributed by atoms with Gasteiger partial charge in [-0.15, -0.1) is 0 Å². The van der Waals surface area contributed by atoms with Crippen LogP contribution in [0.1, 0.15) is 133 Å². The van der Waals surface area contributed by atoms with Gasteiger partial charge in [-0.2, -0.15) is 4.57 Å². The van der Waals surface area contributed by atoms with Crippen LogP contribution in [-0.4, -0.2) is 19.0 Å². The van der Waals surface area contributed by atoms with Crippen molar-refractivity contribution in [1.82, 2.24) is 0 Å². The van der Waals surface area contributed by atoms with E-state index in [-0.39, 0.29) is 6.61 Å². The molecule has 0 saturated heterocycles. The van der Waals surface area contributed by atoms with Crippen LogP contribution in [0.3, 0.4) is 0 Å². The van der Waals surface area contributed by atoms with E-state index >= 15 is 0 Å². The predicted molar refractivity (Wildman–Crippen MR) is 139 cm³/mol. The van der Waals surface area contributed by atoms with Crippen molar-refractivity contribution in [2.75, 3.05) is 6.61 Å². The van der Waals surface area contributed by atoms with Crippen LogP contribution >= 0.6 is 11.3 Å². The van der Waals surface area contributed by atoms with Crippen LogP contribution in [0.5, 0.6) is 0 Å². The summed E-state index contributed by atoms with van der Waals surface area (Å²) < 4.78 is 41.4. The number of rotatable bonds is 21. The second-order valence-electron chi connectivity index (χ2n) is 9.40. The summed E-state index contributed by atoms with van der Waals surface area (Å²) in [6, 6.07) is 0. The van der Waals surface area contributed by atoms with Gasteiger partial charge in [-0.05, 0) is 6.42 Å². The monoisotopic (exact) mass is 511 g/mol. The van der Waals surface area contributed by atoms with Crippen molar-refractivity contribution in [3.8, 4) is 0 Å². The minimum absolute atomic E-state index is 0.264. The van der Waals surface area contributed by atoms with Crippen molar-refractivity contribution in [1.29, 1.82) is 0 Å². The Morgan fingerprint density at radius 1 is 0.706 bits per heavy atom. The molecule has 0 saturated carbocycles. The van der Waals surface area contributed by atoms with Crippen molar-refractivity contribution in [2.24, 2.45) is 0 Å². The van der Waals surface area contributed by atoms with Gasteiger partial charge in [0.25, 0.3) is 0 Å². The fourth-order valence-electron chi connectivity index (χ4n) is 4.20. The minimum atomic E-state index is -6.00. The lowest BCUT2D eigenvalue weighted by molar-refractivity contribution is -0.698. The van der Waals surface area contributed by atoms with Gasteiger partial charge in [-0.3, -0.25) is 0 Å². The highest BCUT2D eigenvalue weighted by molar-refractivity contribution is 7.09. The molecule has 2 nitrogen and oxygen atoms in total. The summed E-state index contributed by atoms with van der Waals surface area (Å²) in [5, 5.41) is 9.09. The molecule has 8 heteroatoms. The molecule has 1 rings (SSSR count). The van der Waals surface area contributed by atoms with Crippen LogP contribution in [-0.2, 0) is 13.0 Å². The van der Waals surface area contributed by atoms with Crippen LogP contribution in [0.15, 0.2) is 5.51 Å². The number of hydrogen-bond acceptors (Lipinski definition) is 2. The Kier molecular flexibility index (Phi) is 22.4. The van der Waals surface area contributed by atoms with Gasteiger partial charge < -0.3 is 22.4 Å². The standard InChI is InChI=1S/C26H50NOS.BF4/c1-3-4-5-6-7-8-9-10-11-12-13-14-15-16-17-18-19-20-22-27-24-29-26(21-23-28)25(27)2;2-1(3,4)5/h24,28H,3-23H2,1-2H3;/q+1;-1. The number of hydrogen-bond donors (Lipinski definition) is 1. The number of halogens is 4. The first-order valence-electron chi connectivity index (χ1n) is 13.7. The van der Waals surface area contributed by atoms with E-state index in [1.807, 2.05) is 0 Å². The maximum absolute atomic E-state index is 9.75. The molecule has 1 N–H and O–H groups in total. The number of thiazole rings is 1. The molecule has 0 amide bonds. The number of aryl methyl sites for hydroxylation is 1. The molecule has 0 atom stereocenters. The number of aliphatic hydroxyl groups excluding tert-OH is 1. The third-order valence-electron chi connectivity index (χ3n) is 6.25. The molecule has 1 heterocycles. The van der Waals surface area contributed by atoms with Crippen molar-refractivity contribution in [3.05, 3.63) is 16.1 Å². The summed E-state index contributed by atoms with van der Waals surface area (Å²) in [4.78, 5) is 1.34. The molecule has 0 aliphatic heterocycles. The Morgan fingerprint density at radius 3 is 1.41 bits per heavy atom. The summed E-state index contributed by atoms with van der Waals surface area (Å²) in [6.07, 6.45) is 26.6. The third kappa shape index (κ3) is 23.1. The predicted octanol–water partition coefficient (Wildman–Crippen LogP) is 9.22. The van der Waals surface area contributed by atoms with Crippen LogP contribution in [0, 0.1) is 6.92 Å². The largest absolute Gasteiger partial charge is 0.673 e. The average Bonchev–Trinajstić information content (AvgIpc) is 3.11. The summed E-state index contributed by atoms with van der Waals surface area (Å²) in [5.74, 6) is 0. The van der Waals surface area contributed by atoms with Crippen molar-refractivity contribution in [2.45, 2.75) is 142 Å². The van der Waals surface area contributed by atoms with E-state index in [9.17, 15) is 17.3 Å². The van der Waals surface area contributed by atoms with Gasteiger partial charge in [0.15, 0.2) is 5.69 Å². The van der Waals surface area contributed by atoms with Crippen LogP contribution in [0.4, 0.5) is 17.3 Å². The van der Waals surface area contributed by atoms with Crippen molar-refractivity contribution < 1.29 is 26.9 Å². The maximum Gasteiger partial charge on any atom is 0.673 e. The molecule has 34 heavy (non-hydrogen) atoms. The van der Waals surface area contributed by atoms with Crippen molar-refractivity contribution >= 4 is 18.6 Å². The number of unbranched alkanes of at least 4 members (excludes halogenated alkanes) is 17. The quantitative estimate of drug-likeness (QED) is 0.0756. The second kappa shape index (κ2) is 22.8. The van der Waals surface area contributed by atoms with E-state index in [1.165, 1.54) is 126 Å². The topological polar surface area (TPSA) is 24.1 Å². The molecule has 0 fully saturated rings. The highest BCUT2D eigenvalue weighted by atomic mass is 32.1. The Labute approximate surface area is 210 Å². The third-order valence-corrected chi connectivity index (χ3v) is 7.39. The van der Waals surface area contributed by atoms with Crippen LogP contribution < -0.4 is 4.57 Å². The van der Waals surface area contributed by atoms with E-state index in [1.54, 1.807) is 11.3 Å². The van der Waals surface area contributed by atoms with Gasteiger partial charge in [0.2, 0.25) is 5.51 Å². The Morgan fingerprint density at radius 2 is 1.06 bits per heavy atom. The van der Waals surface area contributed by atoms with Gasteiger partial charge in [0.05, 0.1) is 4.88 Å². The van der Waals surface area contributed by atoms with E-state index in [4.69, 9.17) is 5.11 Å². The molecule has 0 aliphatic carbocycles. The second-order valence-corrected chi connectivity index (χ2v) is 10.3. The van der Waals surface area contributed by atoms with Gasteiger partial charge in [-0.25, -0.2) is 0 Å². The van der Waals surface area contributed by atoms with Gasteiger partial charge in [0, 0.05) is 26.4 Å². The molecule has 0 unspecified atom stereocenters. The summed E-state index contributed by atoms with van der Waals surface area (Å²) >= 11 is 1.79. The fourth-order valence-corrected chi connectivity index (χ4v) is 5.21. The number of aliphatic hydroxyl groups is 1. The van der Waals surface area contributed by atoms with E-state index in [0.29, 0.717) is 0 Å². The molecular formula is C26H50BF4NOS. The lowest BCUT2D eigenvalue weighted by atomic mass is 10.0. The Hall–Kier alpha value is -0.625. The minimum Gasteiger partial charge on any atom is -0.418 e. The molecule has 0 spiro atoms. The molecule has 0 radical (unpaired) electrons. The first kappa shape index (κ1) is 33.4. The fraction of sp³-hybridized carbons (Fsp3) is 0.885. The smallest absolute Gasteiger partial charge is 0.418 e. The van der Waals surface area contributed by atoms with Crippen LogP contribution in [0.2, 0.25) is 0 Å². The van der Waals surface area contributed by atoms with Gasteiger partial charge in [0.1, 0.15) is 6.54 Å². The lowest BCUT2D eigenvalue weighted by Gasteiger charge is -2.03. The summed E-state index contributed by atoms with van der Waals surface area (Å²) in [7, 11) is -6.00. The summed E-state index contributed by atoms with van der Waals surface area (Å²) in [5.41, 5.74) is 3.59. The molecule has 202 valence electrons. The van der Waals surface area contributed by atoms with E-state index in [2.05, 4.69) is 23.9 Å². The highest BCUT2D eigenvalue weighted by Gasteiger charge is 2.20. The lowest BCUT2D eigenvalue weighted by Crippen LogP contribution is -2.34. The van der Waals surface area contributed by atoms with Gasteiger partial charge in [-0.1, -0.05) is 121 Å². The van der Waals surface area contributed by atoms with E-state index < -0.39 is 7.25 Å². The molecule has 0 bridgehead atoms. The molecule has 0 aromatic carbocycles. The summed E-state index contributed by atoms with van der Waals surface area (Å²) in [6.45, 7) is 5.90. The zero-order valence-electron chi connectivity index (χ0n) is 21.8. The highest BCUT2D eigenvalue weighted by Crippen LogP contribution is 2.15. The molecule has 1 aromatic rings. The average molecular weight is 512 g/mol.